The fourth-order valence-corrected chi connectivity index (χ4v) is 5.46. The summed E-state index contributed by atoms with van der Waals surface area (Å²) in [5.41, 5.74) is -2.16. The Morgan fingerprint density at radius 1 is 1.05 bits per heavy atom. The van der Waals surface area contributed by atoms with Crippen molar-refractivity contribution in [2.75, 3.05) is 12.4 Å². The van der Waals surface area contributed by atoms with Crippen molar-refractivity contribution in [2.45, 2.75) is 83.1 Å². The minimum Gasteiger partial charge on any atom is -0.394 e. The van der Waals surface area contributed by atoms with Crippen LogP contribution in [-0.4, -0.2) is 46.4 Å². The van der Waals surface area contributed by atoms with E-state index in [4.69, 9.17) is 0 Å². The minimum absolute atomic E-state index is 0.00905. The van der Waals surface area contributed by atoms with E-state index < -0.39 is 51.1 Å². The highest BCUT2D eigenvalue weighted by atomic mass is 32.2. The Hall–Kier alpha value is -3.22. The van der Waals surface area contributed by atoms with Gasteiger partial charge in [0.15, 0.2) is 9.84 Å². The van der Waals surface area contributed by atoms with Gasteiger partial charge in [0.05, 0.1) is 34.5 Å². The van der Waals surface area contributed by atoms with Gasteiger partial charge in [-0.2, -0.15) is 13.2 Å². The molecule has 0 aliphatic heterocycles. The van der Waals surface area contributed by atoms with Crippen LogP contribution in [0, 0.1) is 6.92 Å². The van der Waals surface area contributed by atoms with E-state index in [0.717, 1.165) is 6.07 Å². The van der Waals surface area contributed by atoms with Gasteiger partial charge in [0.25, 0.3) is 5.91 Å². The molecule has 0 bridgehead atoms. The van der Waals surface area contributed by atoms with Gasteiger partial charge in [0.1, 0.15) is 11.5 Å². The maximum atomic E-state index is 14.1. The van der Waals surface area contributed by atoms with E-state index >= 15 is 0 Å². The lowest BCUT2D eigenvalue weighted by atomic mass is 9.93. The van der Waals surface area contributed by atoms with Crippen LogP contribution in [0.4, 0.5) is 13.2 Å². The van der Waals surface area contributed by atoms with Crippen LogP contribution in [0.3, 0.4) is 0 Å². The number of carbonyl (C=O) groups is 1. The number of aliphatic hydroxyl groups is 2. The van der Waals surface area contributed by atoms with Crippen LogP contribution in [-0.2, 0) is 33.6 Å². The molecule has 1 atom stereocenters. The molecular formula is C30H38F3N3O5S. The van der Waals surface area contributed by atoms with Crippen molar-refractivity contribution < 1.29 is 36.6 Å². The zero-order valence-corrected chi connectivity index (χ0v) is 25.6. The van der Waals surface area contributed by atoms with Crippen molar-refractivity contribution in [1.29, 1.82) is 0 Å². The van der Waals surface area contributed by atoms with Crippen LogP contribution in [0.2, 0.25) is 0 Å². The summed E-state index contributed by atoms with van der Waals surface area (Å²) in [7, 11) is -3.43. The van der Waals surface area contributed by atoms with Gasteiger partial charge in [-0.25, -0.2) is 13.4 Å². The molecule has 42 heavy (non-hydrogen) atoms. The summed E-state index contributed by atoms with van der Waals surface area (Å²) in [5, 5.41) is 23.0. The number of amides is 1. The number of aliphatic hydroxyl groups excluding tert-OH is 1. The van der Waals surface area contributed by atoms with Gasteiger partial charge in [0.2, 0.25) is 0 Å². The Bertz CT molecular complexity index is 1550. The van der Waals surface area contributed by atoms with Crippen molar-refractivity contribution in [3.05, 3.63) is 81.9 Å². The average molecular weight is 610 g/mol. The van der Waals surface area contributed by atoms with Gasteiger partial charge in [-0.3, -0.25) is 4.79 Å². The topological polar surface area (TPSA) is 122 Å². The molecule has 0 fully saturated rings. The van der Waals surface area contributed by atoms with Gasteiger partial charge in [-0.05, 0) is 55.7 Å². The Balaban J connectivity index is 2.02. The minimum atomic E-state index is -4.69. The standard InChI is InChI=1S/C30H38F3N3O5S/c1-8-42(40,41)22-13-10-19(11-14-22)24(17-37)34-26(38)25-18(2)36(27(35-25)28(3,4)5)16-20-9-12-21(29(6,7)39)15-23(20)30(31,32)33/h9-15,24,37,39H,8,16-17H2,1-7H3,(H,34,38)/t24-/m1/s1. The first-order chi connectivity index (χ1) is 19.2. The molecule has 0 saturated heterocycles. The molecule has 3 aromatic rings. The predicted molar refractivity (Wildman–Crippen MR) is 153 cm³/mol. The summed E-state index contributed by atoms with van der Waals surface area (Å²) in [6.45, 7) is 10.7. The number of sulfone groups is 1. The van der Waals surface area contributed by atoms with Gasteiger partial charge >= 0.3 is 6.18 Å². The number of hydrogen-bond acceptors (Lipinski definition) is 6. The lowest BCUT2D eigenvalue weighted by Crippen LogP contribution is -2.31. The number of benzene rings is 2. The molecule has 12 heteroatoms. The van der Waals surface area contributed by atoms with Crippen molar-refractivity contribution >= 4 is 15.7 Å². The lowest BCUT2D eigenvalue weighted by Gasteiger charge is -2.24. The highest BCUT2D eigenvalue weighted by Crippen LogP contribution is 2.36. The third-order valence-electron chi connectivity index (χ3n) is 7.07. The number of aromatic nitrogens is 2. The van der Waals surface area contributed by atoms with Gasteiger partial charge in [-0.15, -0.1) is 0 Å². The van der Waals surface area contributed by atoms with E-state index in [2.05, 4.69) is 10.3 Å². The fraction of sp³-hybridized carbons (Fsp3) is 0.467. The number of nitrogens with one attached hydrogen (secondary N) is 1. The Kier molecular flexibility index (Phi) is 9.36. The van der Waals surface area contributed by atoms with E-state index in [-0.39, 0.29) is 34.0 Å². The molecule has 0 aliphatic rings. The molecule has 0 radical (unpaired) electrons. The molecular weight excluding hydrogens is 571 g/mol. The number of rotatable bonds is 9. The molecule has 230 valence electrons. The number of halogens is 3. The molecule has 0 unspecified atom stereocenters. The number of carbonyl (C=O) groups excluding carboxylic acids is 1. The van der Waals surface area contributed by atoms with Crippen LogP contribution < -0.4 is 5.32 Å². The largest absolute Gasteiger partial charge is 0.416 e. The second-order valence-electron chi connectivity index (χ2n) is 11.8. The second-order valence-corrected chi connectivity index (χ2v) is 14.1. The zero-order chi connectivity index (χ0) is 31.8. The summed E-state index contributed by atoms with van der Waals surface area (Å²) >= 11 is 0. The van der Waals surface area contributed by atoms with Gasteiger partial charge in [0, 0.05) is 17.7 Å². The number of alkyl halides is 3. The number of hydrogen-bond donors (Lipinski definition) is 3. The molecule has 1 amide bonds. The maximum Gasteiger partial charge on any atom is 0.416 e. The Morgan fingerprint density at radius 3 is 2.12 bits per heavy atom. The zero-order valence-electron chi connectivity index (χ0n) is 24.8. The van der Waals surface area contributed by atoms with E-state index in [9.17, 15) is 36.6 Å². The van der Waals surface area contributed by atoms with Gasteiger partial charge in [-0.1, -0.05) is 52.0 Å². The highest BCUT2D eigenvalue weighted by molar-refractivity contribution is 7.91. The molecule has 1 aromatic heterocycles. The molecule has 0 aliphatic carbocycles. The smallest absolute Gasteiger partial charge is 0.394 e. The first-order valence-corrected chi connectivity index (χ1v) is 15.1. The van der Waals surface area contributed by atoms with Crippen molar-refractivity contribution in [2.24, 2.45) is 0 Å². The summed E-state index contributed by atoms with van der Waals surface area (Å²) < 4.78 is 68.2. The van der Waals surface area contributed by atoms with E-state index in [1.54, 1.807) is 11.5 Å². The maximum absolute atomic E-state index is 14.1. The Morgan fingerprint density at radius 2 is 1.64 bits per heavy atom. The fourth-order valence-electron chi connectivity index (χ4n) is 4.58. The Labute approximate surface area is 244 Å². The summed E-state index contributed by atoms with van der Waals surface area (Å²) in [5.74, 6) is -0.326. The quantitative estimate of drug-likeness (QED) is 0.313. The van der Waals surface area contributed by atoms with Crippen LogP contribution in [0.5, 0.6) is 0 Å². The monoisotopic (exact) mass is 609 g/mol. The van der Waals surface area contributed by atoms with Crippen LogP contribution in [0.25, 0.3) is 0 Å². The van der Waals surface area contributed by atoms with Crippen molar-refractivity contribution in [3.8, 4) is 0 Å². The molecule has 8 nitrogen and oxygen atoms in total. The first-order valence-electron chi connectivity index (χ1n) is 13.5. The van der Waals surface area contributed by atoms with Gasteiger partial charge < -0.3 is 20.1 Å². The molecule has 3 rings (SSSR count). The third kappa shape index (κ3) is 7.22. The van der Waals surface area contributed by atoms with Crippen LogP contribution in [0.1, 0.15) is 91.8 Å². The highest BCUT2D eigenvalue weighted by Gasteiger charge is 2.36. The van der Waals surface area contributed by atoms with E-state index in [1.165, 1.54) is 57.2 Å². The SMILES string of the molecule is CCS(=O)(=O)c1ccc([C@@H](CO)NC(=O)c2nc(C(C)(C)C)n(Cc3ccc(C(C)(C)O)cc3C(F)(F)F)c2C)cc1. The third-order valence-corrected chi connectivity index (χ3v) is 8.82. The summed E-state index contributed by atoms with van der Waals surface area (Å²) in [4.78, 5) is 18.1. The van der Waals surface area contributed by atoms with Crippen molar-refractivity contribution in [3.63, 3.8) is 0 Å². The number of imidazole rings is 1. The van der Waals surface area contributed by atoms with Crippen LogP contribution >= 0.6 is 0 Å². The second kappa shape index (κ2) is 11.8. The molecule has 1 heterocycles. The predicted octanol–water partition coefficient (Wildman–Crippen LogP) is 5.04. The molecule has 3 N–H and O–H groups in total. The van der Waals surface area contributed by atoms with Crippen molar-refractivity contribution in [1.82, 2.24) is 14.9 Å². The molecule has 0 spiro atoms. The summed E-state index contributed by atoms with van der Waals surface area (Å²) in [6.07, 6.45) is -4.69. The normalized spacial score (nSPS) is 13.7. The average Bonchev–Trinajstić information content (AvgIpc) is 3.22. The lowest BCUT2D eigenvalue weighted by molar-refractivity contribution is -0.138. The number of nitrogens with zero attached hydrogens (tertiary/aromatic N) is 2. The van der Waals surface area contributed by atoms with E-state index in [0.29, 0.717) is 17.1 Å². The van der Waals surface area contributed by atoms with E-state index in [1.807, 2.05) is 20.8 Å². The first kappa shape index (κ1) is 33.3. The molecule has 0 saturated carbocycles. The summed E-state index contributed by atoms with van der Waals surface area (Å²) in [6, 6.07) is 8.65. The van der Waals surface area contributed by atoms with Crippen LogP contribution in [0.15, 0.2) is 47.4 Å². The molecule has 2 aromatic carbocycles.